The number of hydrogen-bond acceptors (Lipinski definition) is 8. The Labute approximate surface area is 306 Å². The molecule has 18 heteroatoms. The minimum atomic E-state index is -1.20. The SMILES string of the molecule is NCCCCC(NC(=O)C(CCCN=C(N)N)NC(=O)C(Cc1ccccc1)NC(=O)CNC(=O)CC(C(N)=O)c1ccc(Cl)cc1Cl)C(N)=O. The molecular weight excluding hydrogens is 703 g/mol. The van der Waals surface area contributed by atoms with E-state index in [4.69, 9.17) is 51.9 Å². The van der Waals surface area contributed by atoms with Crippen molar-refractivity contribution in [1.29, 1.82) is 0 Å². The third-order valence-corrected chi connectivity index (χ3v) is 8.20. The Balaban J connectivity index is 2.19. The lowest BCUT2D eigenvalue weighted by Crippen LogP contribution is -2.57. The van der Waals surface area contributed by atoms with Crippen molar-refractivity contribution in [1.82, 2.24) is 21.3 Å². The summed E-state index contributed by atoms with van der Waals surface area (Å²) in [5, 5.41) is 10.8. The Morgan fingerprint density at radius 3 is 1.98 bits per heavy atom. The van der Waals surface area contributed by atoms with Gasteiger partial charge in [-0.25, -0.2) is 0 Å². The molecule has 0 bridgehead atoms. The number of amides is 6. The maximum Gasteiger partial charge on any atom is 0.243 e. The Bertz CT molecular complexity index is 1540. The van der Waals surface area contributed by atoms with Crippen LogP contribution in [0.2, 0.25) is 10.0 Å². The van der Waals surface area contributed by atoms with Gasteiger partial charge in [0.1, 0.15) is 18.1 Å². The fraction of sp³-hybridized carbons (Fsp3) is 0.424. The lowest BCUT2D eigenvalue weighted by atomic mass is 9.94. The quantitative estimate of drug-likeness (QED) is 0.0423. The summed E-state index contributed by atoms with van der Waals surface area (Å²) in [4.78, 5) is 81.1. The molecule has 0 radical (unpaired) electrons. The van der Waals surface area contributed by atoms with Gasteiger partial charge in [0.05, 0.1) is 12.5 Å². The number of carbonyl (C=O) groups is 6. The largest absolute Gasteiger partial charge is 0.370 e. The average Bonchev–Trinajstić information content (AvgIpc) is 3.07. The molecule has 16 nitrogen and oxygen atoms in total. The molecule has 0 heterocycles. The zero-order valence-electron chi connectivity index (χ0n) is 28.0. The highest BCUT2D eigenvalue weighted by Crippen LogP contribution is 2.29. The maximum absolute atomic E-state index is 13.7. The summed E-state index contributed by atoms with van der Waals surface area (Å²) in [6.45, 7) is -0.00151. The van der Waals surface area contributed by atoms with Gasteiger partial charge >= 0.3 is 0 Å². The third-order valence-electron chi connectivity index (χ3n) is 7.64. The minimum Gasteiger partial charge on any atom is -0.370 e. The third kappa shape index (κ3) is 15.7. The van der Waals surface area contributed by atoms with Crippen LogP contribution in [0.4, 0.5) is 0 Å². The first-order chi connectivity index (χ1) is 24.2. The summed E-state index contributed by atoms with van der Waals surface area (Å²) < 4.78 is 0. The van der Waals surface area contributed by atoms with Crippen LogP contribution in [0, 0.1) is 0 Å². The fourth-order valence-electron chi connectivity index (χ4n) is 4.98. The Morgan fingerprint density at radius 2 is 1.37 bits per heavy atom. The van der Waals surface area contributed by atoms with Crippen LogP contribution in [0.15, 0.2) is 53.5 Å². The highest BCUT2D eigenvalue weighted by atomic mass is 35.5. The smallest absolute Gasteiger partial charge is 0.243 e. The van der Waals surface area contributed by atoms with Gasteiger partial charge in [0.15, 0.2) is 5.96 Å². The number of carbonyl (C=O) groups excluding carboxylic acids is 6. The minimum absolute atomic E-state index is 0.0243. The first-order valence-electron chi connectivity index (χ1n) is 16.2. The van der Waals surface area contributed by atoms with Gasteiger partial charge in [0, 0.05) is 29.4 Å². The lowest BCUT2D eigenvalue weighted by Gasteiger charge is -2.25. The lowest BCUT2D eigenvalue weighted by molar-refractivity contribution is -0.133. The Kier molecular flexibility index (Phi) is 18.2. The highest BCUT2D eigenvalue weighted by Gasteiger charge is 2.30. The number of nitrogens with zero attached hydrogens (tertiary/aromatic N) is 1. The van der Waals surface area contributed by atoms with E-state index in [2.05, 4.69) is 26.3 Å². The van der Waals surface area contributed by atoms with Crippen LogP contribution in [0.25, 0.3) is 0 Å². The average molecular weight is 750 g/mol. The molecule has 51 heavy (non-hydrogen) atoms. The molecule has 0 fully saturated rings. The summed E-state index contributed by atoms with van der Waals surface area (Å²) in [5.74, 6) is -5.62. The second-order valence-electron chi connectivity index (χ2n) is 11.7. The van der Waals surface area contributed by atoms with Gasteiger partial charge in [-0.15, -0.1) is 0 Å². The molecule has 0 aliphatic heterocycles. The summed E-state index contributed by atoms with van der Waals surface area (Å²) in [7, 11) is 0. The van der Waals surface area contributed by atoms with Crippen molar-refractivity contribution in [3.8, 4) is 0 Å². The number of guanidine groups is 1. The molecule has 4 atom stereocenters. The van der Waals surface area contributed by atoms with E-state index in [1.165, 1.54) is 18.2 Å². The normalized spacial score (nSPS) is 13.1. The van der Waals surface area contributed by atoms with Crippen LogP contribution in [0.5, 0.6) is 0 Å². The molecule has 0 aliphatic rings. The van der Waals surface area contributed by atoms with Crippen molar-refractivity contribution < 1.29 is 28.8 Å². The molecule has 2 aromatic carbocycles. The Hall–Kier alpha value is -4.93. The number of aliphatic imine (C=N–C) groups is 1. The fourth-order valence-corrected chi connectivity index (χ4v) is 5.52. The van der Waals surface area contributed by atoms with Crippen molar-refractivity contribution in [2.24, 2.45) is 33.7 Å². The number of benzene rings is 2. The number of primary amides is 2. The molecule has 0 aliphatic carbocycles. The van der Waals surface area contributed by atoms with Crippen LogP contribution < -0.4 is 49.9 Å². The predicted octanol–water partition coefficient (Wildman–Crippen LogP) is -0.566. The van der Waals surface area contributed by atoms with Crippen LogP contribution in [0.1, 0.15) is 55.6 Å². The standard InChI is InChI=1S/C33H46Cl2N10O6/c34-20-11-12-21(23(35)16-20)22(29(37)48)17-27(46)42-18-28(47)43-26(15-19-7-2-1-3-8-19)32(51)45-25(10-6-14-41-33(39)40)31(50)44-24(30(38)49)9-4-5-13-36/h1-3,7-8,11-12,16,22,24-26H,4-6,9-10,13-15,17-18,36H2,(H2,37,48)(H2,38,49)(H,42,46)(H,43,47)(H,44,50)(H,45,51)(H4,39,40,41). The van der Waals surface area contributed by atoms with Gasteiger partial charge < -0.3 is 49.9 Å². The summed E-state index contributed by atoms with van der Waals surface area (Å²) in [5.41, 5.74) is 28.4. The summed E-state index contributed by atoms with van der Waals surface area (Å²) >= 11 is 12.1. The van der Waals surface area contributed by atoms with E-state index >= 15 is 0 Å². The van der Waals surface area contributed by atoms with Crippen LogP contribution in [0.3, 0.4) is 0 Å². The molecule has 0 saturated heterocycles. The van der Waals surface area contributed by atoms with Crippen molar-refractivity contribution >= 4 is 64.6 Å². The van der Waals surface area contributed by atoms with Crippen molar-refractivity contribution in [3.63, 3.8) is 0 Å². The first kappa shape index (κ1) is 42.2. The highest BCUT2D eigenvalue weighted by molar-refractivity contribution is 6.35. The van der Waals surface area contributed by atoms with Gasteiger partial charge in [-0.1, -0.05) is 59.6 Å². The number of nitrogens with two attached hydrogens (primary N) is 5. The summed E-state index contributed by atoms with van der Waals surface area (Å²) in [6.07, 6.45) is 1.36. The molecule has 0 saturated carbocycles. The van der Waals surface area contributed by atoms with E-state index < -0.39 is 72.5 Å². The maximum atomic E-state index is 13.7. The second-order valence-corrected chi connectivity index (χ2v) is 12.5. The molecule has 2 aromatic rings. The van der Waals surface area contributed by atoms with Gasteiger partial charge in [-0.3, -0.25) is 33.8 Å². The number of nitrogens with one attached hydrogen (secondary N) is 4. The van der Waals surface area contributed by atoms with Gasteiger partial charge in [-0.2, -0.15) is 0 Å². The number of hydrogen-bond donors (Lipinski definition) is 9. The molecule has 2 rings (SSSR count). The van der Waals surface area contributed by atoms with E-state index in [0.29, 0.717) is 35.5 Å². The molecule has 6 amide bonds. The van der Waals surface area contributed by atoms with Crippen molar-refractivity contribution in [3.05, 3.63) is 69.7 Å². The van der Waals surface area contributed by atoms with Crippen LogP contribution in [-0.2, 0) is 35.2 Å². The van der Waals surface area contributed by atoms with E-state index in [9.17, 15) is 28.8 Å². The molecule has 4 unspecified atom stereocenters. The molecular formula is C33H46Cl2N10O6. The van der Waals surface area contributed by atoms with E-state index in [1.807, 2.05) is 0 Å². The van der Waals surface area contributed by atoms with E-state index in [-0.39, 0.29) is 43.2 Å². The van der Waals surface area contributed by atoms with Gasteiger partial charge in [0.2, 0.25) is 35.4 Å². The van der Waals surface area contributed by atoms with Crippen molar-refractivity contribution in [2.75, 3.05) is 19.6 Å². The molecule has 0 spiro atoms. The van der Waals surface area contributed by atoms with E-state index in [1.54, 1.807) is 30.3 Å². The van der Waals surface area contributed by atoms with E-state index in [0.717, 1.165) is 0 Å². The first-order valence-corrected chi connectivity index (χ1v) is 17.0. The molecule has 14 N–H and O–H groups in total. The van der Waals surface area contributed by atoms with Gasteiger partial charge in [0.25, 0.3) is 0 Å². The zero-order chi connectivity index (χ0) is 37.9. The van der Waals surface area contributed by atoms with Crippen molar-refractivity contribution in [2.45, 2.75) is 69.0 Å². The monoisotopic (exact) mass is 748 g/mol. The number of rotatable bonds is 22. The van der Waals surface area contributed by atoms with Gasteiger partial charge in [-0.05, 0) is 61.9 Å². The van der Waals surface area contributed by atoms with Crippen LogP contribution in [-0.4, -0.2) is 79.2 Å². The second kappa shape index (κ2) is 22.0. The molecule has 278 valence electrons. The number of unbranched alkanes of at least 4 members (excludes halogenated alkanes) is 1. The topological polar surface area (TPSA) is 293 Å². The predicted molar refractivity (Wildman–Crippen MR) is 194 cm³/mol. The summed E-state index contributed by atoms with van der Waals surface area (Å²) in [6, 6.07) is 9.81. The van der Waals surface area contributed by atoms with Crippen LogP contribution >= 0.6 is 23.2 Å². The molecule has 0 aromatic heterocycles. The number of halogens is 2. The Morgan fingerprint density at radius 1 is 0.725 bits per heavy atom. The zero-order valence-corrected chi connectivity index (χ0v) is 29.6.